The predicted octanol–water partition coefficient (Wildman–Crippen LogP) is 0.465. The minimum atomic E-state index is -3.62. The van der Waals surface area contributed by atoms with Crippen LogP contribution >= 0.6 is 0 Å². The fraction of sp³-hybridized carbons (Fsp3) is 0.455. The molecule has 3 N–H and O–H groups in total. The van der Waals surface area contributed by atoms with Gasteiger partial charge in [-0.2, -0.15) is 0 Å². The molecule has 0 amide bonds. The van der Waals surface area contributed by atoms with Crippen LogP contribution in [0.5, 0.6) is 5.75 Å². The van der Waals surface area contributed by atoms with Crippen molar-refractivity contribution >= 4 is 10.0 Å². The number of primary sulfonamides is 1. The molecular weight excluding hydrogens is 240 g/mol. The number of sulfonamides is 1. The van der Waals surface area contributed by atoms with E-state index in [1.807, 2.05) is 0 Å². The first-order valence-electron chi connectivity index (χ1n) is 5.56. The Morgan fingerprint density at radius 2 is 1.76 bits per heavy atom. The molecule has 17 heavy (non-hydrogen) atoms. The summed E-state index contributed by atoms with van der Waals surface area (Å²) in [6.45, 7) is 1.92. The van der Waals surface area contributed by atoms with Crippen LogP contribution in [0.2, 0.25) is 0 Å². The van der Waals surface area contributed by atoms with Gasteiger partial charge in [-0.05, 0) is 50.2 Å². The molecule has 1 aromatic carbocycles. The van der Waals surface area contributed by atoms with E-state index in [1.54, 1.807) is 12.1 Å². The second-order valence-electron chi connectivity index (χ2n) is 4.08. The van der Waals surface area contributed by atoms with Crippen molar-refractivity contribution in [2.45, 2.75) is 23.8 Å². The standard InChI is InChI=1S/C11H16N2O3S/c12-17(14,15)11-3-1-9(2-4-11)16-10-5-7-13-8-6-10/h1-4,10,13H,5-8H2,(H2,12,14,15). The Morgan fingerprint density at radius 1 is 1.18 bits per heavy atom. The maximum absolute atomic E-state index is 11.1. The van der Waals surface area contributed by atoms with Gasteiger partial charge in [-0.25, -0.2) is 13.6 Å². The van der Waals surface area contributed by atoms with Gasteiger partial charge in [0.2, 0.25) is 10.0 Å². The van der Waals surface area contributed by atoms with Crippen LogP contribution < -0.4 is 15.2 Å². The monoisotopic (exact) mass is 256 g/mol. The Morgan fingerprint density at radius 3 is 2.29 bits per heavy atom. The van der Waals surface area contributed by atoms with E-state index in [1.165, 1.54) is 12.1 Å². The molecule has 1 fully saturated rings. The molecule has 0 unspecified atom stereocenters. The van der Waals surface area contributed by atoms with Crippen molar-refractivity contribution in [2.75, 3.05) is 13.1 Å². The van der Waals surface area contributed by atoms with E-state index in [2.05, 4.69) is 5.32 Å². The highest BCUT2D eigenvalue weighted by Gasteiger charge is 2.14. The van der Waals surface area contributed by atoms with Crippen molar-refractivity contribution in [3.8, 4) is 5.75 Å². The second kappa shape index (κ2) is 5.03. The van der Waals surface area contributed by atoms with Crippen LogP contribution in [0.15, 0.2) is 29.2 Å². The van der Waals surface area contributed by atoms with E-state index in [0.717, 1.165) is 25.9 Å². The molecule has 0 saturated carbocycles. The fourth-order valence-electron chi connectivity index (χ4n) is 1.81. The Labute approximate surface area is 101 Å². The number of ether oxygens (including phenoxy) is 1. The van der Waals surface area contributed by atoms with Crippen LogP contribution in [0.25, 0.3) is 0 Å². The number of nitrogens with one attached hydrogen (secondary N) is 1. The second-order valence-corrected chi connectivity index (χ2v) is 5.65. The molecule has 2 rings (SSSR count). The third kappa shape index (κ3) is 3.42. The zero-order valence-corrected chi connectivity index (χ0v) is 10.2. The molecule has 1 heterocycles. The average Bonchev–Trinajstić information content (AvgIpc) is 2.30. The highest BCUT2D eigenvalue weighted by Crippen LogP contribution is 2.18. The summed E-state index contributed by atoms with van der Waals surface area (Å²) in [5.74, 6) is 0.685. The van der Waals surface area contributed by atoms with Gasteiger partial charge < -0.3 is 10.1 Å². The van der Waals surface area contributed by atoms with Crippen molar-refractivity contribution in [3.05, 3.63) is 24.3 Å². The highest BCUT2D eigenvalue weighted by molar-refractivity contribution is 7.89. The molecular formula is C11H16N2O3S. The Hall–Kier alpha value is -1.11. The lowest BCUT2D eigenvalue weighted by Crippen LogP contribution is -2.34. The molecule has 5 nitrogen and oxygen atoms in total. The summed E-state index contributed by atoms with van der Waals surface area (Å²) < 4.78 is 27.9. The quantitative estimate of drug-likeness (QED) is 0.823. The molecule has 1 saturated heterocycles. The van der Waals surface area contributed by atoms with E-state index < -0.39 is 10.0 Å². The van der Waals surface area contributed by atoms with E-state index in [9.17, 15) is 8.42 Å². The van der Waals surface area contributed by atoms with Crippen molar-refractivity contribution in [3.63, 3.8) is 0 Å². The van der Waals surface area contributed by atoms with Crippen LogP contribution in [0.4, 0.5) is 0 Å². The van der Waals surface area contributed by atoms with E-state index in [0.29, 0.717) is 5.75 Å². The van der Waals surface area contributed by atoms with Crippen LogP contribution in [0, 0.1) is 0 Å². The van der Waals surface area contributed by atoms with E-state index >= 15 is 0 Å². The number of benzene rings is 1. The molecule has 1 aliphatic rings. The zero-order chi connectivity index (χ0) is 12.3. The summed E-state index contributed by atoms with van der Waals surface area (Å²) in [6, 6.07) is 6.21. The summed E-state index contributed by atoms with van der Waals surface area (Å²) in [5, 5.41) is 8.27. The molecule has 94 valence electrons. The third-order valence-electron chi connectivity index (χ3n) is 2.74. The summed E-state index contributed by atoms with van der Waals surface area (Å²) in [6.07, 6.45) is 2.14. The molecule has 0 atom stereocenters. The number of rotatable bonds is 3. The van der Waals surface area contributed by atoms with Crippen molar-refractivity contribution in [1.82, 2.24) is 5.32 Å². The van der Waals surface area contributed by atoms with Gasteiger partial charge in [0, 0.05) is 0 Å². The number of nitrogens with two attached hydrogens (primary N) is 1. The van der Waals surface area contributed by atoms with E-state index in [-0.39, 0.29) is 11.0 Å². The van der Waals surface area contributed by atoms with Crippen LogP contribution in [-0.2, 0) is 10.0 Å². The maximum atomic E-state index is 11.1. The Bertz CT molecular complexity index is 464. The fourth-order valence-corrected chi connectivity index (χ4v) is 2.33. The van der Waals surface area contributed by atoms with Crippen molar-refractivity contribution < 1.29 is 13.2 Å². The van der Waals surface area contributed by atoms with Gasteiger partial charge in [-0.15, -0.1) is 0 Å². The van der Waals surface area contributed by atoms with E-state index in [4.69, 9.17) is 9.88 Å². The van der Waals surface area contributed by atoms with Gasteiger partial charge in [0.15, 0.2) is 0 Å². The normalized spacial score (nSPS) is 17.9. The van der Waals surface area contributed by atoms with Crippen molar-refractivity contribution in [2.24, 2.45) is 5.14 Å². The molecule has 0 bridgehead atoms. The van der Waals surface area contributed by atoms with Gasteiger partial charge >= 0.3 is 0 Å². The Balaban J connectivity index is 2.03. The number of hydrogen-bond donors (Lipinski definition) is 2. The summed E-state index contributed by atoms with van der Waals surface area (Å²) in [7, 11) is -3.62. The first-order valence-corrected chi connectivity index (χ1v) is 7.10. The summed E-state index contributed by atoms with van der Waals surface area (Å²) in [5.41, 5.74) is 0. The van der Waals surface area contributed by atoms with Crippen LogP contribution in [0.3, 0.4) is 0 Å². The lowest BCUT2D eigenvalue weighted by atomic mass is 10.1. The van der Waals surface area contributed by atoms with Gasteiger partial charge in [0.1, 0.15) is 11.9 Å². The smallest absolute Gasteiger partial charge is 0.238 e. The molecule has 0 spiro atoms. The summed E-state index contributed by atoms with van der Waals surface area (Å²) in [4.78, 5) is 0.107. The van der Waals surface area contributed by atoms with Crippen LogP contribution in [-0.4, -0.2) is 27.6 Å². The molecule has 1 aliphatic heterocycles. The molecule has 0 radical (unpaired) electrons. The minimum Gasteiger partial charge on any atom is -0.490 e. The average molecular weight is 256 g/mol. The minimum absolute atomic E-state index is 0.107. The molecule has 0 aliphatic carbocycles. The highest BCUT2D eigenvalue weighted by atomic mass is 32.2. The number of hydrogen-bond acceptors (Lipinski definition) is 4. The molecule has 0 aromatic heterocycles. The number of piperidine rings is 1. The SMILES string of the molecule is NS(=O)(=O)c1ccc(OC2CCNCC2)cc1. The lowest BCUT2D eigenvalue weighted by molar-refractivity contribution is 0.162. The van der Waals surface area contributed by atoms with Crippen molar-refractivity contribution in [1.29, 1.82) is 0 Å². The van der Waals surface area contributed by atoms with Gasteiger partial charge in [-0.3, -0.25) is 0 Å². The van der Waals surface area contributed by atoms with Gasteiger partial charge in [0.25, 0.3) is 0 Å². The summed E-state index contributed by atoms with van der Waals surface area (Å²) >= 11 is 0. The first-order chi connectivity index (χ1) is 8.05. The topological polar surface area (TPSA) is 81.4 Å². The maximum Gasteiger partial charge on any atom is 0.238 e. The zero-order valence-electron chi connectivity index (χ0n) is 9.43. The van der Waals surface area contributed by atoms with Gasteiger partial charge in [0.05, 0.1) is 4.90 Å². The molecule has 1 aromatic rings. The first kappa shape index (κ1) is 12.3. The van der Waals surface area contributed by atoms with Crippen LogP contribution in [0.1, 0.15) is 12.8 Å². The third-order valence-corrected chi connectivity index (χ3v) is 3.67. The Kier molecular flexibility index (Phi) is 3.66. The lowest BCUT2D eigenvalue weighted by Gasteiger charge is -2.23. The van der Waals surface area contributed by atoms with Gasteiger partial charge in [-0.1, -0.05) is 0 Å². The molecule has 6 heteroatoms. The predicted molar refractivity (Wildman–Crippen MR) is 64.3 cm³/mol. The largest absolute Gasteiger partial charge is 0.490 e.